The van der Waals surface area contributed by atoms with E-state index < -0.39 is 42.1 Å². The summed E-state index contributed by atoms with van der Waals surface area (Å²) in [5.41, 5.74) is 0. The van der Waals surface area contributed by atoms with E-state index in [0.717, 1.165) is 13.8 Å². The van der Waals surface area contributed by atoms with Gasteiger partial charge in [-0.1, -0.05) is 0 Å². The highest BCUT2D eigenvalue weighted by molar-refractivity contribution is 5.88. The van der Waals surface area contributed by atoms with Crippen LogP contribution in [0.2, 0.25) is 0 Å². The molecular weight excluding hydrogens is 220 g/mol. The minimum absolute atomic E-state index is 0.495. The second-order valence-electron chi connectivity index (χ2n) is 3.22. The van der Waals surface area contributed by atoms with Gasteiger partial charge in [0.2, 0.25) is 6.10 Å². The Kier molecular flexibility index (Phi) is 5.14. The van der Waals surface area contributed by atoms with Gasteiger partial charge in [0.25, 0.3) is 0 Å². The SMILES string of the molecule is CC(=O)C[C@@H](C(=O)O)[C@@H](OC(C)=O)C(=O)O. The molecule has 16 heavy (non-hydrogen) atoms. The van der Waals surface area contributed by atoms with Crippen LogP contribution < -0.4 is 0 Å². The molecule has 0 aliphatic rings. The van der Waals surface area contributed by atoms with E-state index >= 15 is 0 Å². The molecular formula is C9H12O7. The third kappa shape index (κ3) is 4.54. The summed E-state index contributed by atoms with van der Waals surface area (Å²) in [6, 6.07) is 0. The molecule has 0 aliphatic heterocycles. The van der Waals surface area contributed by atoms with Gasteiger partial charge in [0.15, 0.2) is 0 Å². The topological polar surface area (TPSA) is 118 Å². The molecule has 0 aromatic heterocycles. The van der Waals surface area contributed by atoms with E-state index in [1.165, 1.54) is 0 Å². The lowest BCUT2D eigenvalue weighted by molar-refractivity contribution is -0.172. The number of hydrogen-bond donors (Lipinski definition) is 2. The van der Waals surface area contributed by atoms with Crippen molar-refractivity contribution in [3.8, 4) is 0 Å². The van der Waals surface area contributed by atoms with E-state index in [9.17, 15) is 19.2 Å². The summed E-state index contributed by atoms with van der Waals surface area (Å²) in [7, 11) is 0. The molecule has 0 spiro atoms. The minimum Gasteiger partial charge on any atom is -0.481 e. The maximum absolute atomic E-state index is 10.8. The van der Waals surface area contributed by atoms with Crippen LogP contribution in [0.3, 0.4) is 0 Å². The molecule has 0 heterocycles. The summed E-state index contributed by atoms with van der Waals surface area (Å²) in [6.07, 6.45) is -2.35. The number of ether oxygens (including phenoxy) is 1. The lowest BCUT2D eigenvalue weighted by Gasteiger charge is -2.18. The smallest absolute Gasteiger partial charge is 0.345 e. The van der Waals surface area contributed by atoms with Crippen LogP contribution >= 0.6 is 0 Å². The van der Waals surface area contributed by atoms with E-state index in [2.05, 4.69) is 4.74 Å². The molecule has 0 amide bonds. The Hall–Kier alpha value is -1.92. The van der Waals surface area contributed by atoms with Gasteiger partial charge in [-0.3, -0.25) is 14.4 Å². The molecule has 90 valence electrons. The Morgan fingerprint density at radius 2 is 1.56 bits per heavy atom. The van der Waals surface area contributed by atoms with Crippen LogP contribution in [0.25, 0.3) is 0 Å². The number of carbonyl (C=O) groups is 4. The summed E-state index contributed by atoms with van der Waals surface area (Å²) in [5.74, 6) is -6.07. The van der Waals surface area contributed by atoms with Crippen LogP contribution in [-0.2, 0) is 23.9 Å². The number of aliphatic carboxylic acids is 2. The van der Waals surface area contributed by atoms with Gasteiger partial charge >= 0.3 is 17.9 Å². The first kappa shape index (κ1) is 14.1. The van der Waals surface area contributed by atoms with Crippen molar-refractivity contribution < 1.29 is 34.1 Å². The molecule has 7 nitrogen and oxygen atoms in total. The number of esters is 1. The van der Waals surface area contributed by atoms with Crippen molar-refractivity contribution in [2.45, 2.75) is 26.4 Å². The third-order valence-corrected chi connectivity index (χ3v) is 1.73. The highest BCUT2D eigenvalue weighted by Crippen LogP contribution is 2.14. The minimum atomic E-state index is -1.85. The average molecular weight is 232 g/mol. The van der Waals surface area contributed by atoms with Gasteiger partial charge in [0, 0.05) is 13.3 Å². The average Bonchev–Trinajstić information content (AvgIpc) is 2.09. The largest absolute Gasteiger partial charge is 0.481 e. The van der Waals surface area contributed by atoms with Crippen LogP contribution in [-0.4, -0.2) is 40.0 Å². The molecule has 0 aromatic carbocycles. The van der Waals surface area contributed by atoms with Gasteiger partial charge in [-0.15, -0.1) is 0 Å². The van der Waals surface area contributed by atoms with Crippen molar-refractivity contribution in [1.29, 1.82) is 0 Å². The van der Waals surface area contributed by atoms with E-state index in [-0.39, 0.29) is 0 Å². The molecule has 0 rings (SSSR count). The summed E-state index contributed by atoms with van der Waals surface area (Å²) >= 11 is 0. The fourth-order valence-corrected chi connectivity index (χ4v) is 1.12. The zero-order valence-electron chi connectivity index (χ0n) is 8.80. The number of carboxylic acid groups (broad SMARTS) is 2. The maximum Gasteiger partial charge on any atom is 0.345 e. The van der Waals surface area contributed by atoms with E-state index in [4.69, 9.17) is 10.2 Å². The third-order valence-electron chi connectivity index (χ3n) is 1.73. The van der Waals surface area contributed by atoms with Crippen LogP contribution in [0.4, 0.5) is 0 Å². The molecule has 0 aliphatic carbocycles. The summed E-state index contributed by atoms with van der Waals surface area (Å²) in [5, 5.41) is 17.4. The lowest BCUT2D eigenvalue weighted by Crippen LogP contribution is -2.39. The van der Waals surface area contributed by atoms with Gasteiger partial charge in [-0.05, 0) is 6.92 Å². The second-order valence-corrected chi connectivity index (χ2v) is 3.22. The fraction of sp³-hybridized carbons (Fsp3) is 0.556. The normalized spacial score (nSPS) is 13.6. The van der Waals surface area contributed by atoms with Crippen LogP contribution in [0.15, 0.2) is 0 Å². The molecule has 0 bridgehead atoms. The lowest BCUT2D eigenvalue weighted by atomic mass is 9.96. The summed E-state index contributed by atoms with van der Waals surface area (Å²) < 4.78 is 4.36. The summed E-state index contributed by atoms with van der Waals surface area (Å²) in [6.45, 7) is 2.09. The first-order valence-electron chi connectivity index (χ1n) is 4.38. The van der Waals surface area contributed by atoms with E-state index in [1.807, 2.05) is 0 Å². The van der Waals surface area contributed by atoms with Crippen LogP contribution in [0, 0.1) is 5.92 Å². The number of Topliss-reactive ketones (excluding diaryl/α,β-unsaturated/α-hetero) is 1. The summed E-state index contributed by atoms with van der Waals surface area (Å²) in [4.78, 5) is 42.8. The number of carbonyl (C=O) groups excluding carboxylic acids is 2. The first-order chi connectivity index (χ1) is 7.25. The van der Waals surface area contributed by atoms with Gasteiger partial charge < -0.3 is 14.9 Å². The zero-order valence-corrected chi connectivity index (χ0v) is 8.80. The Morgan fingerprint density at radius 3 is 1.81 bits per heavy atom. The predicted molar refractivity (Wildman–Crippen MR) is 49.6 cm³/mol. The Morgan fingerprint density at radius 1 is 1.06 bits per heavy atom. The molecule has 0 radical (unpaired) electrons. The first-order valence-corrected chi connectivity index (χ1v) is 4.38. The van der Waals surface area contributed by atoms with Gasteiger partial charge in [0.05, 0.1) is 0 Å². The fourth-order valence-electron chi connectivity index (χ4n) is 1.12. The Balaban J connectivity index is 4.93. The zero-order chi connectivity index (χ0) is 12.9. The van der Waals surface area contributed by atoms with Crippen molar-refractivity contribution in [2.75, 3.05) is 0 Å². The molecule has 0 saturated heterocycles. The maximum atomic E-state index is 10.8. The molecule has 0 fully saturated rings. The van der Waals surface area contributed by atoms with E-state index in [1.54, 1.807) is 0 Å². The van der Waals surface area contributed by atoms with Crippen molar-refractivity contribution in [3.63, 3.8) is 0 Å². The molecule has 2 N–H and O–H groups in total. The van der Waals surface area contributed by atoms with Crippen molar-refractivity contribution in [1.82, 2.24) is 0 Å². The number of ketones is 1. The Labute approximate surface area is 91.0 Å². The van der Waals surface area contributed by atoms with Gasteiger partial charge in [0.1, 0.15) is 11.7 Å². The number of hydrogen-bond acceptors (Lipinski definition) is 5. The van der Waals surface area contributed by atoms with Crippen LogP contribution in [0.5, 0.6) is 0 Å². The van der Waals surface area contributed by atoms with Gasteiger partial charge in [-0.25, -0.2) is 4.79 Å². The molecule has 0 unspecified atom stereocenters. The van der Waals surface area contributed by atoms with Crippen molar-refractivity contribution >= 4 is 23.7 Å². The number of rotatable bonds is 6. The Bertz CT molecular complexity index is 288. The highest BCUT2D eigenvalue weighted by atomic mass is 16.6. The molecule has 0 saturated carbocycles. The monoisotopic (exact) mass is 232 g/mol. The highest BCUT2D eigenvalue weighted by Gasteiger charge is 2.37. The molecule has 0 aromatic rings. The standard InChI is InChI=1S/C9H12O7/c1-4(10)3-6(8(12)13)7(9(14)15)16-5(2)11/h6-7H,3H2,1-2H3,(H,12,13)(H,14,15)/t6-,7-/m1/s1. The predicted octanol–water partition coefficient (Wildman–Crippen LogP) is -0.317. The van der Waals surface area contributed by atoms with Crippen LogP contribution in [0.1, 0.15) is 20.3 Å². The second kappa shape index (κ2) is 5.84. The van der Waals surface area contributed by atoms with Crippen molar-refractivity contribution in [2.24, 2.45) is 5.92 Å². The van der Waals surface area contributed by atoms with Gasteiger partial charge in [-0.2, -0.15) is 0 Å². The number of carboxylic acids is 2. The van der Waals surface area contributed by atoms with E-state index in [0.29, 0.717) is 0 Å². The quantitative estimate of drug-likeness (QED) is 0.602. The molecule has 7 heteroatoms. The molecule has 2 atom stereocenters. The van der Waals surface area contributed by atoms with Crippen molar-refractivity contribution in [3.05, 3.63) is 0 Å².